The molecule has 0 saturated heterocycles. The van der Waals surface area contributed by atoms with E-state index >= 15 is 0 Å². The fourth-order valence-corrected chi connectivity index (χ4v) is 3.01. The second kappa shape index (κ2) is 9.73. The van der Waals surface area contributed by atoms with Crippen molar-refractivity contribution in [1.82, 2.24) is 15.5 Å². The number of rotatable bonds is 8. The van der Waals surface area contributed by atoms with Crippen LogP contribution in [0.3, 0.4) is 0 Å². The lowest BCUT2D eigenvalue weighted by molar-refractivity contribution is -0.121. The van der Waals surface area contributed by atoms with E-state index in [9.17, 15) is 9.59 Å². The molecular weight excluding hydrogens is 268 g/mol. The van der Waals surface area contributed by atoms with Crippen molar-refractivity contribution in [3.8, 4) is 0 Å². The number of likely N-dealkylation sites (N-methyl/N-ethyl adjacent to an activating group) is 1. The summed E-state index contributed by atoms with van der Waals surface area (Å²) < 4.78 is 0. The second-order valence-corrected chi connectivity index (χ2v) is 5.71. The Bertz CT molecular complexity index is 336. The van der Waals surface area contributed by atoms with E-state index in [1.165, 1.54) is 6.42 Å². The predicted octanol–water partition coefficient (Wildman–Crippen LogP) is 1.06. The molecule has 3 amide bonds. The largest absolute Gasteiger partial charge is 0.338 e. The van der Waals surface area contributed by atoms with Crippen LogP contribution in [-0.4, -0.2) is 49.1 Å². The van der Waals surface area contributed by atoms with Gasteiger partial charge in [-0.3, -0.25) is 15.0 Å². The molecule has 1 saturated carbocycles. The van der Waals surface area contributed by atoms with Crippen LogP contribution in [0.15, 0.2) is 0 Å². The van der Waals surface area contributed by atoms with Gasteiger partial charge in [-0.2, -0.15) is 0 Å². The van der Waals surface area contributed by atoms with Crippen LogP contribution in [0, 0.1) is 5.92 Å². The Balaban J connectivity index is 2.38. The molecule has 1 fully saturated rings. The molecule has 1 aliphatic rings. The number of imide groups is 1. The van der Waals surface area contributed by atoms with Crippen LogP contribution in [0.25, 0.3) is 0 Å². The highest BCUT2D eigenvalue weighted by atomic mass is 16.2. The van der Waals surface area contributed by atoms with E-state index in [4.69, 9.17) is 5.73 Å². The summed E-state index contributed by atoms with van der Waals surface area (Å²) in [5.41, 5.74) is 5.80. The highest BCUT2D eigenvalue weighted by molar-refractivity contribution is 5.95. The van der Waals surface area contributed by atoms with Crippen molar-refractivity contribution in [2.45, 2.75) is 52.0 Å². The molecule has 4 N–H and O–H groups in total. The molecule has 1 rings (SSSR count). The topological polar surface area (TPSA) is 87.5 Å². The van der Waals surface area contributed by atoms with Gasteiger partial charge in [-0.15, -0.1) is 0 Å². The monoisotopic (exact) mass is 298 g/mol. The van der Waals surface area contributed by atoms with E-state index < -0.39 is 6.03 Å². The first-order chi connectivity index (χ1) is 10.1. The first kappa shape index (κ1) is 17.9. The van der Waals surface area contributed by atoms with Crippen LogP contribution in [0.2, 0.25) is 0 Å². The van der Waals surface area contributed by atoms with Crippen LogP contribution in [0.1, 0.15) is 46.0 Å². The lowest BCUT2D eigenvalue weighted by Gasteiger charge is -2.31. The van der Waals surface area contributed by atoms with Crippen molar-refractivity contribution in [3.05, 3.63) is 0 Å². The summed E-state index contributed by atoms with van der Waals surface area (Å²) in [7, 11) is 0. The minimum atomic E-state index is -0.397. The van der Waals surface area contributed by atoms with Gasteiger partial charge < -0.3 is 11.1 Å². The van der Waals surface area contributed by atoms with E-state index in [1.54, 1.807) is 0 Å². The molecule has 6 nitrogen and oxygen atoms in total. The van der Waals surface area contributed by atoms with Gasteiger partial charge in [0.15, 0.2) is 0 Å². The third-order valence-electron chi connectivity index (χ3n) is 4.21. The first-order valence-corrected chi connectivity index (χ1v) is 8.14. The van der Waals surface area contributed by atoms with E-state index in [2.05, 4.69) is 22.5 Å². The van der Waals surface area contributed by atoms with Crippen LogP contribution < -0.4 is 16.4 Å². The molecule has 1 aliphatic carbocycles. The molecule has 0 aromatic rings. The summed E-state index contributed by atoms with van der Waals surface area (Å²) in [6, 6.07) is -0.0276. The zero-order chi connectivity index (χ0) is 15.7. The Morgan fingerprint density at radius 2 is 2.05 bits per heavy atom. The standard InChI is InChI=1S/C15H30N4O2/c1-3-5-9-17-15(21)18-14(20)11-19(4-2)13-8-6-7-12(13)10-16/h12-13H,3-11,16H2,1-2H3,(H2,17,18,20,21). The quantitative estimate of drug-likeness (QED) is 0.585. The second-order valence-electron chi connectivity index (χ2n) is 5.71. The molecule has 0 radical (unpaired) electrons. The lowest BCUT2D eigenvalue weighted by Crippen LogP contribution is -2.48. The fraction of sp³-hybridized carbons (Fsp3) is 0.867. The van der Waals surface area contributed by atoms with Crippen molar-refractivity contribution in [1.29, 1.82) is 0 Å². The van der Waals surface area contributed by atoms with Crippen molar-refractivity contribution >= 4 is 11.9 Å². The van der Waals surface area contributed by atoms with Crippen molar-refractivity contribution < 1.29 is 9.59 Å². The smallest absolute Gasteiger partial charge is 0.321 e. The number of nitrogens with zero attached hydrogens (tertiary/aromatic N) is 1. The van der Waals surface area contributed by atoms with Gasteiger partial charge in [0.05, 0.1) is 6.54 Å². The Morgan fingerprint density at radius 1 is 1.29 bits per heavy atom. The molecule has 0 bridgehead atoms. The molecule has 122 valence electrons. The molecule has 2 atom stereocenters. The lowest BCUT2D eigenvalue weighted by atomic mass is 10.0. The Hall–Kier alpha value is -1.14. The summed E-state index contributed by atoms with van der Waals surface area (Å²) in [5, 5.41) is 5.08. The SMILES string of the molecule is CCCCNC(=O)NC(=O)CN(CC)C1CCCC1CN. The van der Waals surface area contributed by atoms with Crippen LogP contribution in [0.5, 0.6) is 0 Å². The zero-order valence-corrected chi connectivity index (χ0v) is 13.4. The van der Waals surface area contributed by atoms with Crippen molar-refractivity contribution in [2.75, 3.05) is 26.2 Å². The summed E-state index contributed by atoms with van der Waals surface area (Å²) in [6.45, 7) is 6.43. The number of nitrogens with two attached hydrogens (primary N) is 1. The van der Waals surface area contributed by atoms with E-state index in [0.29, 0.717) is 25.0 Å². The molecule has 0 aliphatic heterocycles. The van der Waals surface area contributed by atoms with Gasteiger partial charge in [0.2, 0.25) is 5.91 Å². The van der Waals surface area contributed by atoms with Crippen molar-refractivity contribution in [3.63, 3.8) is 0 Å². The number of hydrogen-bond donors (Lipinski definition) is 3. The Labute approximate surface area is 127 Å². The predicted molar refractivity (Wildman–Crippen MR) is 83.9 cm³/mol. The van der Waals surface area contributed by atoms with Crippen LogP contribution >= 0.6 is 0 Å². The number of unbranched alkanes of at least 4 members (excludes halogenated alkanes) is 1. The number of carbonyl (C=O) groups excluding carboxylic acids is 2. The maximum atomic E-state index is 12.0. The number of carbonyl (C=O) groups is 2. The Kier molecular flexibility index (Phi) is 8.30. The van der Waals surface area contributed by atoms with Gasteiger partial charge in [0, 0.05) is 12.6 Å². The molecule has 0 heterocycles. The summed E-state index contributed by atoms with van der Waals surface area (Å²) in [4.78, 5) is 25.7. The maximum Gasteiger partial charge on any atom is 0.321 e. The zero-order valence-electron chi connectivity index (χ0n) is 13.4. The number of hydrogen-bond acceptors (Lipinski definition) is 4. The minimum absolute atomic E-state index is 0.242. The average Bonchev–Trinajstić information content (AvgIpc) is 2.93. The van der Waals surface area contributed by atoms with E-state index in [-0.39, 0.29) is 12.5 Å². The molecule has 2 unspecified atom stereocenters. The van der Waals surface area contributed by atoms with Gasteiger partial charge in [0.1, 0.15) is 0 Å². The van der Waals surface area contributed by atoms with Gasteiger partial charge in [-0.1, -0.05) is 26.7 Å². The first-order valence-electron chi connectivity index (χ1n) is 8.14. The highest BCUT2D eigenvalue weighted by Crippen LogP contribution is 2.28. The number of amides is 3. The Morgan fingerprint density at radius 3 is 2.67 bits per heavy atom. The molecule has 0 spiro atoms. The third-order valence-corrected chi connectivity index (χ3v) is 4.21. The van der Waals surface area contributed by atoms with Gasteiger partial charge >= 0.3 is 6.03 Å². The summed E-state index contributed by atoms with van der Waals surface area (Å²) >= 11 is 0. The van der Waals surface area contributed by atoms with Gasteiger partial charge in [0.25, 0.3) is 0 Å². The van der Waals surface area contributed by atoms with Crippen LogP contribution in [0.4, 0.5) is 4.79 Å². The van der Waals surface area contributed by atoms with Crippen molar-refractivity contribution in [2.24, 2.45) is 11.7 Å². The summed E-state index contributed by atoms with van der Waals surface area (Å²) in [5.74, 6) is 0.227. The van der Waals surface area contributed by atoms with Gasteiger partial charge in [-0.25, -0.2) is 4.79 Å². The molecule has 21 heavy (non-hydrogen) atoms. The molecular formula is C15H30N4O2. The number of nitrogens with one attached hydrogen (secondary N) is 2. The minimum Gasteiger partial charge on any atom is -0.338 e. The molecule has 0 aromatic carbocycles. The van der Waals surface area contributed by atoms with E-state index in [1.807, 2.05) is 6.92 Å². The van der Waals surface area contributed by atoms with Gasteiger partial charge in [-0.05, 0) is 38.3 Å². The highest BCUT2D eigenvalue weighted by Gasteiger charge is 2.31. The third kappa shape index (κ3) is 6.01. The molecule has 6 heteroatoms. The summed E-state index contributed by atoms with van der Waals surface area (Å²) in [6.07, 6.45) is 5.33. The normalized spacial score (nSPS) is 21.5. The van der Waals surface area contributed by atoms with E-state index in [0.717, 1.165) is 32.2 Å². The number of urea groups is 1. The maximum absolute atomic E-state index is 12.0. The van der Waals surface area contributed by atoms with Crippen LogP contribution in [-0.2, 0) is 4.79 Å². The molecule has 0 aromatic heterocycles. The fourth-order valence-electron chi connectivity index (χ4n) is 3.01. The average molecular weight is 298 g/mol.